The molecule has 0 radical (unpaired) electrons. The van der Waals surface area contributed by atoms with Crippen LogP contribution in [0.5, 0.6) is 0 Å². The topological polar surface area (TPSA) is 150 Å². The molecule has 2 unspecified atom stereocenters. The van der Waals surface area contributed by atoms with Crippen LogP contribution in [0, 0.1) is 0 Å². The number of pyridine rings is 1. The van der Waals surface area contributed by atoms with E-state index in [1.54, 1.807) is 6.07 Å². The average molecular weight is 431 g/mol. The summed E-state index contributed by atoms with van der Waals surface area (Å²) in [6.45, 7) is 0.556. The first-order chi connectivity index (χ1) is 12.5. The number of hydrogen-bond donors (Lipinski definition) is 3. The second-order valence-corrected chi connectivity index (χ2v) is 9.30. The van der Waals surface area contributed by atoms with Gasteiger partial charge in [0.2, 0.25) is 0 Å². The number of nitrogens with zero attached hydrogens (tertiary/aromatic N) is 3. The van der Waals surface area contributed by atoms with Crippen molar-refractivity contribution in [3.05, 3.63) is 18.6 Å². The molecule has 2 aromatic rings. The summed E-state index contributed by atoms with van der Waals surface area (Å²) in [6, 6.07) is 1.62. The van der Waals surface area contributed by atoms with Gasteiger partial charge in [0.15, 0.2) is 0 Å². The molecule has 1 saturated heterocycles. The fraction of sp³-hybridized carbons (Fsp3) is 0.533. The Kier molecular flexibility index (Phi) is 5.94. The quantitative estimate of drug-likeness (QED) is 0.289. The second-order valence-electron chi connectivity index (χ2n) is 5.90. The Morgan fingerprint density at radius 3 is 2.96 bits per heavy atom. The zero-order valence-corrected chi connectivity index (χ0v) is 15.5. The molecule has 3 heterocycles. The van der Waals surface area contributed by atoms with Crippen LogP contribution in [-0.4, -0.2) is 70.0 Å². The van der Waals surface area contributed by atoms with E-state index in [9.17, 15) is 18.8 Å². The summed E-state index contributed by atoms with van der Waals surface area (Å²) in [7, 11) is 0. The molecule has 0 aromatic carbocycles. The Balaban J connectivity index is 1.68. The van der Waals surface area contributed by atoms with E-state index in [1.807, 2.05) is 0 Å². The molecule has 0 bridgehead atoms. The molecular weight excluding hydrogens is 411 g/mol. The molecular formula is C15H20N4O6Se. The molecule has 1 aliphatic heterocycles. The summed E-state index contributed by atoms with van der Waals surface area (Å²) >= 11 is -2.29. The van der Waals surface area contributed by atoms with Gasteiger partial charge in [0.25, 0.3) is 0 Å². The Morgan fingerprint density at radius 1 is 1.38 bits per heavy atom. The second kappa shape index (κ2) is 8.19. The fourth-order valence-electron chi connectivity index (χ4n) is 2.85. The molecule has 5 atom stereocenters. The Labute approximate surface area is 153 Å². The monoisotopic (exact) mass is 432 g/mol. The predicted octanol–water partition coefficient (Wildman–Crippen LogP) is -0.382. The van der Waals surface area contributed by atoms with Crippen molar-refractivity contribution in [1.82, 2.24) is 14.5 Å². The summed E-state index contributed by atoms with van der Waals surface area (Å²) in [5, 5.41) is 21.2. The molecule has 2 aromatic heterocycles. The molecule has 142 valence electrons. The predicted molar refractivity (Wildman–Crippen MR) is 90.6 cm³/mol. The number of carbonyl (C=O) groups is 1. The van der Waals surface area contributed by atoms with E-state index in [0.717, 1.165) is 0 Å². The Hall–Kier alpha value is -1.91. The molecule has 11 heteroatoms. The maximum atomic E-state index is 12.2. The number of aliphatic hydroxyl groups is 2. The van der Waals surface area contributed by atoms with Gasteiger partial charge in [-0.15, -0.1) is 0 Å². The third kappa shape index (κ3) is 3.76. The van der Waals surface area contributed by atoms with Crippen LogP contribution in [-0.2, 0) is 18.1 Å². The number of ether oxygens (including phenoxy) is 2. The van der Waals surface area contributed by atoms with Gasteiger partial charge in [-0.2, -0.15) is 0 Å². The van der Waals surface area contributed by atoms with Crippen molar-refractivity contribution in [3.63, 3.8) is 0 Å². The molecule has 0 aliphatic carbocycles. The molecule has 1 aliphatic rings. The Bertz CT molecular complexity index is 800. The maximum absolute atomic E-state index is 12.2. The number of fused-ring (bicyclic) bond motifs is 1. The van der Waals surface area contributed by atoms with Gasteiger partial charge in [-0.05, 0) is 0 Å². The third-order valence-corrected chi connectivity index (χ3v) is 7.19. The van der Waals surface area contributed by atoms with Crippen molar-refractivity contribution < 1.29 is 28.3 Å². The van der Waals surface area contributed by atoms with Crippen molar-refractivity contribution >= 4 is 37.2 Å². The summed E-state index contributed by atoms with van der Waals surface area (Å²) in [5.41, 5.74) is 7.21. The zero-order chi connectivity index (χ0) is 18.7. The average Bonchev–Trinajstić information content (AvgIpc) is 3.16. The molecule has 3 rings (SSSR count). The fourth-order valence-corrected chi connectivity index (χ4v) is 5.47. The zero-order valence-electron chi connectivity index (χ0n) is 13.8. The summed E-state index contributed by atoms with van der Waals surface area (Å²) in [6.07, 6.45) is -0.598. The summed E-state index contributed by atoms with van der Waals surface area (Å²) in [5.74, 6) is 0. The van der Waals surface area contributed by atoms with Gasteiger partial charge in [0.05, 0.1) is 0 Å². The number of carbonyl (C=O) groups excluding carboxylic acids is 1. The van der Waals surface area contributed by atoms with Crippen LogP contribution in [0.1, 0.15) is 12.6 Å². The van der Waals surface area contributed by atoms with E-state index < -0.39 is 38.4 Å². The van der Waals surface area contributed by atoms with E-state index in [-0.39, 0.29) is 11.9 Å². The van der Waals surface area contributed by atoms with E-state index in [1.165, 1.54) is 17.1 Å². The van der Waals surface area contributed by atoms with Crippen molar-refractivity contribution in [2.45, 2.75) is 41.6 Å². The van der Waals surface area contributed by atoms with Gasteiger partial charge >= 0.3 is 153 Å². The first-order valence-corrected chi connectivity index (χ1v) is 11.1. The first-order valence-electron chi connectivity index (χ1n) is 8.01. The van der Waals surface area contributed by atoms with E-state index >= 15 is 0 Å². The molecule has 10 nitrogen and oxygen atoms in total. The van der Waals surface area contributed by atoms with Crippen LogP contribution in [0.2, 0.25) is 10.6 Å². The van der Waals surface area contributed by atoms with Crippen LogP contribution in [0.15, 0.2) is 18.6 Å². The number of anilines is 1. The minimum absolute atomic E-state index is 0.151. The first kappa shape index (κ1) is 18.9. The number of rotatable bonds is 8. The van der Waals surface area contributed by atoms with Crippen LogP contribution in [0.3, 0.4) is 0 Å². The molecule has 0 amide bonds. The number of nitrogens with two attached hydrogens (primary N) is 1. The third-order valence-electron chi connectivity index (χ3n) is 4.16. The van der Waals surface area contributed by atoms with Crippen LogP contribution >= 0.6 is 0 Å². The van der Waals surface area contributed by atoms with Crippen molar-refractivity contribution in [3.8, 4) is 0 Å². The van der Waals surface area contributed by atoms with Crippen LogP contribution < -0.4 is 5.73 Å². The minimum atomic E-state index is -2.29. The van der Waals surface area contributed by atoms with Crippen LogP contribution in [0.4, 0.5) is 5.69 Å². The number of nitrogen functional groups attached to an aromatic ring is 1. The molecule has 0 saturated carbocycles. The normalized spacial score (nSPS) is 26.8. The van der Waals surface area contributed by atoms with Crippen LogP contribution in [0.25, 0.3) is 11.2 Å². The van der Waals surface area contributed by atoms with Gasteiger partial charge in [-0.25, -0.2) is 0 Å². The van der Waals surface area contributed by atoms with Gasteiger partial charge in [-0.3, -0.25) is 0 Å². The summed E-state index contributed by atoms with van der Waals surface area (Å²) in [4.78, 5) is 18.5. The van der Waals surface area contributed by atoms with Gasteiger partial charge < -0.3 is 0 Å². The SMILES string of the molecule is Nc1ccnc2c1ncn2[C@@H]1O[C@H](C[Se](=O)CCCOC=O)C(O)[C@@H]1O. The Morgan fingerprint density at radius 2 is 2.19 bits per heavy atom. The molecule has 1 fully saturated rings. The number of imidazole rings is 1. The van der Waals surface area contributed by atoms with E-state index in [0.29, 0.717) is 35.1 Å². The van der Waals surface area contributed by atoms with E-state index in [4.69, 9.17) is 10.5 Å². The van der Waals surface area contributed by atoms with E-state index in [2.05, 4.69) is 14.7 Å². The number of aromatic nitrogens is 3. The molecule has 0 spiro atoms. The van der Waals surface area contributed by atoms with Gasteiger partial charge in [0.1, 0.15) is 0 Å². The van der Waals surface area contributed by atoms with Gasteiger partial charge in [0, 0.05) is 0 Å². The number of aliphatic hydroxyl groups excluding tert-OH is 2. The van der Waals surface area contributed by atoms with Crippen molar-refractivity contribution in [2.75, 3.05) is 12.3 Å². The summed E-state index contributed by atoms with van der Waals surface area (Å²) < 4.78 is 24.0. The standard InChI is InChI=1S/C15H20N4O6Se/c16-9-2-3-17-14-11(9)18-7-19(14)15-13(22)12(21)10(25-15)6-26(23)5-1-4-24-8-20/h2-3,7-8,10,12-13,15,21-22H,1,4-6H2,(H2,16,17)/t10-,12?,13+,15-,26?/m1/s1. The van der Waals surface area contributed by atoms with Crippen molar-refractivity contribution in [1.29, 1.82) is 0 Å². The number of hydrogen-bond acceptors (Lipinski definition) is 9. The molecule has 4 N–H and O–H groups in total. The van der Waals surface area contributed by atoms with Crippen molar-refractivity contribution in [2.24, 2.45) is 0 Å². The van der Waals surface area contributed by atoms with Gasteiger partial charge in [-0.1, -0.05) is 0 Å². The molecule has 26 heavy (non-hydrogen) atoms.